The smallest absolute Gasteiger partial charge is 0.169 e. The first-order chi connectivity index (χ1) is 14.5. The van der Waals surface area contributed by atoms with Crippen molar-refractivity contribution in [2.45, 2.75) is 32.2 Å². The Kier molecular flexibility index (Phi) is 4.70. The largest absolute Gasteiger partial charge is 0.372 e. The first kappa shape index (κ1) is 19.1. The van der Waals surface area contributed by atoms with Crippen molar-refractivity contribution < 1.29 is 4.79 Å². The normalized spacial score (nSPS) is 17.8. The molecule has 0 saturated carbocycles. The highest BCUT2D eigenvalue weighted by Gasteiger charge is 2.24. The van der Waals surface area contributed by atoms with E-state index in [9.17, 15) is 4.79 Å². The summed E-state index contributed by atoms with van der Waals surface area (Å²) >= 11 is 0. The second-order valence-corrected chi connectivity index (χ2v) is 8.78. The first-order valence-electron chi connectivity index (χ1n) is 10.7. The maximum Gasteiger partial charge on any atom is 0.169 e. The summed E-state index contributed by atoms with van der Waals surface area (Å²) < 4.78 is 1.99. The molecule has 1 aliphatic heterocycles. The van der Waals surface area contributed by atoms with E-state index in [1.807, 2.05) is 35.0 Å². The third-order valence-electron chi connectivity index (χ3n) is 6.60. The molecule has 1 aliphatic carbocycles. The molecule has 0 bridgehead atoms. The number of anilines is 1. The van der Waals surface area contributed by atoms with Crippen molar-refractivity contribution in [1.29, 1.82) is 0 Å². The van der Waals surface area contributed by atoms with Gasteiger partial charge in [-0.05, 0) is 80.9 Å². The van der Waals surface area contributed by atoms with Gasteiger partial charge in [0.2, 0.25) is 0 Å². The Bertz CT molecular complexity index is 1150. The molecular weight excluding hydrogens is 372 g/mol. The number of imidazole rings is 1. The second-order valence-electron chi connectivity index (χ2n) is 8.78. The van der Waals surface area contributed by atoms with Gasteiger partial charge in [0.05, 0.1) is 5.69 Å². The van der Waals surface area contributed by atoms with E-state index in [0.717, 1.165) is 35.6 Å². The number of benzene rings is 1. The number of nitrogens with zero attached hydrogens (tertiary/aromatic N) is 4. The molecule has 154 valence electrons. The van der Waals surface area contributed by atoms with Crippen LogP contribution in [0.4, 0.5) is 5.69 Å². The zero-order valence-corrected chi connectivity index (χ0v) is 17.9. The summed E-state index contributed by atoms with van der Waals surface area (Å²) in [6.07, 6.45) is 8.80. The molecule has 0 spiro atoms. The van der Waals surface area contributed by atoms with Gasteiger partial charge in [-0.2, -0.15) is 0 Å². The number of piperidine rings is 1. The lowest BCUT2D eigenvalue weighted by Gasteiger charge is -2.36. The minimum absolute atomic E-state index is 0.140. The van der Waals surface area contributed by atoms with Gasteiger partial charge in [-0.1, -0.05) is 12.1 Å². The lowest BCUT2D eigenvalue weighted by atomic mass is 9.89. The quantitative estimate of drug-likeness (QED) is 0.670. The highest BCUT2D eigenvalue weighted by atomic mass is 16.1. The number of hydrogen-bond donors (Lipinski definition) is 0. The summed E-state index contributed by atoms with van der Waals surface area (Å²) in [6, 6.07) is 11.1. The van der Waals surface area contributed by atoms with Crippen LogP contribution in [0.15, 0.2) is 42.7 Å². The van der Waals surface area contributed by atoms with Crippen molar-refractivity contribution in [2.75, 3.05) is 32.1 Å². The van der Waals surface area contributed by atoms with Gasteiger partial charge in [0.25, 0.3) is 0 Å². The van der Waals surface area contributed by atoms with E-state index in [1.54, 1.807) is 0 Å². The van der Waals surface area contributed by atoms with Gasteiger partial charge in [0.15, 0.2) is 5.78 Å². The van der Waals surface area contributed by atoms with Gasteiger partial charge in [0.1, 0.15) is 5.65 Å². The number of likely N-dealkylation sites (tertiary alicyclic amines) is 1. The van der Waals surface area contributed by atoms with Gasteiger partial charge in [0, 0.05) is 43.2 Å². The Hall–Kier alpha value is -2.92. The fourth-order valence-electron chi connectivity index (χ4n) is 4.65. The number of carbonyl (C=O) groups excluding carboxylic acids is 1. The van der Waals surface area contributed by atoms with Crippen LogP contribution in [0.25, 0.3) is 17.3 Å². The maximum atomic E-state index is 13.0. The van der Waals surface area contributed by atoms with Crippen LogP contribution in [-0.2, 0) is 11.2 Å². The molecule has 3 heterocycles. The van der Waals surface area contributed by atoms with Crippen LogP contribution in [0.2, 0.25) is 0 Å². The third-order valence-corrected chi connectivity index (χ3v) is 6.60. The molecule has 5 nitrogen and oxygen atoms in total. The van der Waals surface area contributed by atoms with Crippen molar-refractivity contribution >= 4 is 28.8 Å². The summed E-state index contributed by atoms with van der Waals surface area (Å²) in [5.74, 6) is 0.140. The number of allylic oxidation sites excluding steroid dienone is 1. The number of fused-ring (bicyclic) bond motifs is 2. The van der Waals surface area contributed by atoms with Crippen LogP contribution < -0.4 is 4.90 Å². The number of aromatic nitrogens is 2. The summed E-state index contributed by atoms with van der Waals surface area (Å²) in [4.78, 5) is 22.4. The Labute approximate surface area is 177 Å². The van der Waals surface area contributed by atoms with E-state index in [-0.39, 0.29) is 5.78 Å². The Morgan fingerprint density at radius 2 is 1.90 bits per heavy atom. The molecule has 1 aromatic carbocycles. The van der Waals surface area contributed by atoms with E-state index in [2.05, 4.69) is 54.0 Å². The monoisotopic (exact) mass is 400 g/mol. The van der Waals surface area contributed by atoms with Gasteiger partial charge >= 0.3 is 0 Å². The van der Waals surface area contributed by atoms with Gasteiger partial charge in [-0.15, -0.1) is 0 Å². The molecule has 0 N–H and O–H groups in total. The van der Waals surface area contributed by atoms with Crippen LogP contribution >= 0.6 is 0 Å². The standard InChI is InChI=1S/C25H28N4O/c1-17-4-7-25-26-23(16-29(25)15-17)22-13-18-5-6-21(12-19(18)14-24(22)30)28(3)20-8-10-27(2)11-9-20/h4-7,12-13,15-16,20H,8-11,14H2,1-3H3. The molecule has 5 rings (SSSR count). The first-order valence-corrected chi connectivity index (χ1v) is 10.7. The molecule has 30 heavy (non-hydrogen) atoms. The van der Waals surface area contributed by atoms with Crippen LogP contribution in [-0.4, -0.2) is 53.3 Å². The summed E-state index contributed by atoms with van der Waals surface area (Å²) in [5.41, 5.74) is 6.94. The predicted octanol–water partition coefficient (Wildman–Crippen LogP) is 3.84. The molecule has 2 aliphatic rings. The number of Topliss-reactive ketones (excluding diaryl/α,β-unsaturated/α-hetero) is 1. The van der Waals surface area contributed by atoms with E-state index < -0.39 is 0 Å². The zero-order valence-electron chi connectivity index (χ0n) is 17.9. The van der Waals surface area contributed by atoms with Crippen LogP contribution in [0, 0.1) is 6.92 Å². The Morgan fingerprint density at radius 1 is 1.10 bits per heavy atom. The van der Waals surface area contributed by atoms with Gasteiger partial charge in [-0.25, -0.2) is 4.98 Å². The molecule has 5 heteroatoms. The second kappa shape index (κ2) is 7.40. The lowest BCUT2D eigenvalue weighted by molar-refractivity contribution is -0.113. The Balaban J connectivity index is 1.44. The average Bonchev–Trinajstić information content (AvgIpc) is 3.15. The van der Waals surface area contributed by atoms with Gasteiger partial charge in [-0.3, -0.25) is 4.79 Å². The number of carbonyl (C=O) groups is 1. The summed E-state index contributed by atoms with van der Waals surface area (Å²) in [6.45, 7) is 4.34. The number of ketones is 1. The molecule has 1 fully saturated rings. The van der Waals surface area contributed by atoms with Crippen LogP contribution in [0.1, 0.15) is 35.2 Å². The molecule has 2 aromatic heterocycles. The third kappa shape index (κ3) is 3.43. The molecule has 0 atom stereocenters. The van der Waals surface area contributed by atoms with Gasteiger partial charge < -0.3 is 14.2 Å². The highest BCUT2D eigenvalue weighted by molar-refractivity contribution is 6.27. The maximum absolute atomic E-state index is 13.0. The SMILES string of the molecule is Cc1ccc2nc(C3=Cc4ccc(N(C)C5CCN(C)CC5)cc4CC3=O)cn2c1. The fourth-order valence-corrected chi connectivity index (χ4v) is 4.65. The number of pyridine rings is 1. The van der Waals surface area contributed by atoms with Crippen LogP contribution in [0.3, 0.4) is 0 Å². The van der Waals surface area contributed by atoms with Crippen LogP contribution in [0.5, 0.6) is 0 Å². The highest BCUT2D eigenvalue weighted by Crippen LogP contribution is 2.31. The average molecular weight is 401 g/mol. The van der Waals surface area contributed by atoms with E-state index in [1.165, 1.54) is 24.1 Å². The minimum atomic E-state index is 0.140. The minimum Gasteiger partial charge on any atom is -0.372 e. The van der Waals surface area contributed by atoms with E-state index in [4.69, 9.17) is 0 Å². The van der Waals surface area contributed by atoms with Crippen molar-refractivity contribution in [1.82, 2.24) is 14.3 Å². The number of aryl methyl sites for hydroxylation is 1. The van der Waals surface area contributed by atoms with Crippen molar-refractivity contribution in [2.24, 2.45) is 0 Å². The molecule has 1 saturated heterocycles. The molecule has 0 unspecified atom stereocenters. The molecule has 0 radical (unpaired) electrons. The topological polar surface area (TPSA) is 40.9 Å². The molecule has 3 aromatic rings. The summed E-state index contributed by atoms with van der Waals surface area (Å²) in [7, 11) is 4.37. The lowest BCUT2D eigenvalue weighted by Crippen LogP contribution is -2.42. The van der Waals surface area contributed by atoms with E-state index in [0.29, 0.717) is 18.0 Å². The molecular formula is C25H28N4O. The predicted molar refractivity (Wildman–Crippen MR) is 122 cm³/mol. The van der Waals surface area contributed by atoms with E-state index >= 15 is 0 Å². The number of rotatable bonds is 3. The van der Waals surface area contributed by atoms with Crippen molar-refractivity contribution in [3.05, 3.63) is 65.1 Å². The van der Waals surface area contributed by atoms with Crippen molar-refractivity contribution in [3.63, 3.8) is 0 Å². The fraction of sp³-hybridized carbons (Fsp3) is 0.360. The zero-order chi connectivity index (χ0) is 20.8. The number of hydrogen-bond acceptors (Lipinski definition) is 4. The molecule has 0 amide bonds. The Morgan fingerprint density at radius 3 is 2.70 bits per heavy atom. The summed E-state index contributed by atoms with van der Waals surface area (Å²) in [5, 5.41) is 0. The van der Waals surface area contributed by atoms with Crippen molar-refractivity contribution in [3.8, 4) is 0 Å².